The lowest BCUT2D eigenvalue weighted by Crippen LogP contribution is -2.11. The Kier molecular flexibility index (Phi) is 9.20. The predicted molar refractivity (Wildman–Crippen MR) is 272 cm³/mol. The lowest BCUT2D eigenvalue weighted by Gasteiger charge is -2.28. The van der Waals surface area contributed by atoms with E-state index in [1.807, 2.05) is 0 Å². The summed E-state index contributed by atoms with van der Waals surface area (Å²) in [6.07, 6.45) is 0. The smallest absolute Gasteiger partial charge is 0.0547 e. The molecule has 0 radical (unpaired) electrons. The first-order chi connectivity index (χ1) is 31.7. The fourth-order valence-electron chi connectivity index (χ4n) is 9.65. The molecule has 0 aliphatic rings. The number of aromatic nitrogens is 1. The summed E-state index contributed by atoms with van der Waals surface area (Å²) in [6.45, 7) is 0. The third kappa shape index (κ3) is 6.61. The van der Waals surface area contributed by atoms with E-state index in [-0.39, 0.29) is 0 Å². The number of hydrogen-bond donors (Lipinski definition) is 0. The van der Waals surface area contributed by atoms with Crippen molar-refractivity contribution in [3.8, 4) is 50.2 Å². The number of hydrogen-bond acceptors (Lipinski definition) is 1. The maximum atomic E-state index is 2.41. The molecule has 0 saturated heterocycles. The van der Waals surface area contributed by atoms with Crippen LogP contribution in [-0.4, -0.2) is 4.57 Å². The maximum Gasteiger partial charge on any atom is 0.0547 e. The molecule has 0 N–H and O–H groups in total. The van der Waals surface area contributed by atoms with Gasteiger partial charge in [0.05, 0.1) is 16.7 Å². The van der Waals surface area contributed by atoms with Crippen molar-refractivity contribution in [2.45, 2.75) is 0 Å². The number of para-hydroxylation sites is 3. The molecule has 0 spiro atoms. The van der Waals surface area contributed by atoms with Gasteiger partial charge < -0.3 is 9.47 Å². The van der Waals surface area contributed by atoms with Crippen molar-refractivity contribution in [2.24, 2.45) is 0 Å². The van der Waals surface area contributed by atoms with Crippen LogP contribution in [0.2, 0.25) is 0 Å². The molecule has 0 fully saturated rings. The summed E-state index contributed by atoms with van der Waals surface area (Å²) in [7, 11) is 0. The second kappa shape index (κ2) is 15.8. The highest BCUT2D eigenvalue weighted by molar-refractivity contribution is 6.16. The summed E-state index contributed by atoms with van der Waals surface area (Å²) >= 11 is 0. The van der Waals surface area contributed by atoms with Gasteiger partial charge in [-0.3, -0.25) is 0 Å². The van der Waals surface area contributed by atoms with Crippen LogP contribution in [0.25, 0.3) is 93.5 Å². The van der Waals surface area contributed by atoms with E-state index in [1.54, 1.807) is 0 Å². The van der Waals surface area contributed by atoms with Gasteiger partial charge >= 0.3 is 0 Å². The lowest BCUT2D eigenvalue weighted by molar-refractivity contribution is 1.18. The van der Waals surface area contributed by atoms with E-state index in [0.717, 1.165) is 33.9 Å². The van der Waals surface area contributed by atoms with E-state index in [0.29, 0.717) is 0 Å². The third-order valence-corrected chi connectivity index (χ3v) is 12.8. The van der Waals surface area contributed by atoms with Gasteiger partial charge in [0.15, 0.2) is 0 Å². The number of fused-ring (bicyclic) bond motifs is 5. The summed E-state index contributed by atoms with van der Waals surface area (Å²) in [5.41, 5.74) is 16.3. The molecule has 1 heterocycles. The highest BCUT2D eigenvalue weighted by Crippen LogP contribution is 2.44. The molecule has 0 unspecified atom stereocenters. The molecule has 12 aromatic rings. The zero-order valence-corrected chi connectivity index (χ0v) is 35.1. The van der Waals surface area contributed by atoms with Crippen LogP contribution in [0.15, 0.2) is 255 Å². The zero-order chi connectivity index (χ0) is 42.4. The van der Waals surface area contributed by atoms with Gasteiger partial charge in [-0.05, 0) is 133 Å². The fraction of sp³-hybridized carbons (Fsp3) is 0. The van der Waals surface area contributed by atoms with Gasteiger partial charge in [0.25, 0.3) is 0 Å². The van der Waals surface area contributed by atoms with Gasteiger partial charge in [-0.25, -0.2) is 0 Å². The molecule has 300 valence electrons. The summed E-state index contributed by atoms with van der Waals surface area (Å²) in [5, 5.41) is 7.48. The Morgan fingerprint density at radius 3 is 1.42 bits per heavy atom. The first kappa shape index (κ1) is 37.3. The highest BCUT2D eigenvalue weighted by atomic mass is 15.1. The highest BCUT2D eigenvalue weighted by Gasteiger charge is 2.20. The Hall–Kier alpha value is -8.46. The second-order valence-electron chi connectivity index (χ2n) is 16.5. The molecule has 11 aromatic carbocycles. The molecule has 0 atom stereocenters. The average molecular weight is 815 g/mol. The topological polar surface area (TPSA) is 8.17 Å². The third-order valence-electron chi connectivity index (χ3n) is 12.8. The van der Waals surface area contributed by atoms with Crippen molar-refractivity contribution < 1.29 is 0 Å². The van der Waals surface area contributed by atoms with Crippen LogP contribution >= 0.6 is 0 Å². The Bertz CT molecular complexity index is 3530. The first-order valence-electron chi connectivity index (χ1n) is 22.0. The zero-order valence-electron chi connectivity index (χ0n) is 35.1. The molecule has 0 aliphatic carbocycles. The maximum absolute atomic E-state index is 2.41. The molecule has 64 heavy (non-hydrogen) atoms. The van der Waals surface area contributed by atoms with Crippen LogP contribution in [0, 0.1) is 0 Å². The molecule has 2 nitrogen and oxygen atoms in total. The second-order valence-corrected chi connectivity index (χ2v) is 16.5. The van der Waals surface area contributed by atoms with E-state index in [2.05, 4.69) is 264 Å². The van der Waals surface area contributed by atoms with E-state index in [1.165, 1.54) is 76.7 Å². The summed E-state index contributed by atoms with van der Waals surface area (Å²) in [5.74, 6) is 0. The number of benzene rings is 11. The molecule has 2 heteroatoms. The van der Waals surface area contributed by atoms with E-state index >= 15 is 0 Å². The Morgan fingerprint density at radius 2 is 0.766 bits per heavy atom. The number of nitrogens with zero attached hydrogens (tertiary/aromatic N) is 2. The predicted octanol–water partition coefficient (Wildman–Crippen LogP) is 17.2. The molecule has 0 amide bonds. The lowest BCUT2D eigenvalue weighted by atomic mass is 9.94. The molecule has 0 saturated carbocycles. The first-order valence-corrected chi connectivity index (χ1v) is 22.0. The van der Waals surface area contributed by atoms with E-state index in [9.17, 15) is 0 Å². The summed E-state index contributed by atoms with van der Waals surface area (Å²) < 4.78 is 2.39. The van der Waals surface area contributed by atoms with Gasteiger partial charge in [-0.2, -0.15) is 0 Å². The summed E-state index contributed by atoms with van der Waals surface area (Å²) in [6, 6.07) is 92.7. The van der Waals surface area contributed by atoms with Gasteiger partial charge in [0, 0.05) is 33.4 Å². The standard InChI is InChI=1S/C62H42N2/c1-2-20-53(21-3-1)64-60-26-11-9-23-58(60)62-57(24-13-27-61(62)64)52-19-12-18-51(42-52)56-22-8-10-25-59(56)63(54-36-32-45(33-37-54)49-30-28-43-14-4-6-16-47(43)40-49)55-38-34-46(35-39-55)50-31-29-44-15-5-7-17-48(44)41-50/h1-42H. The van der Waals surface area contributed by atoms with Crippen molar-refractivity contribution in [3.63, 3.8) is 0 Å². The minimum atomic E-state index is 1.09. The van der Waals surface area contributed by atoms with Gasteiger partial charge in [0.1, 0.15) is 0 Å². The van der Waals surface area contributed by atoms with Crippen LogP contribution in [0.3, 0.4) is 0 Å². The SMILES string of the molecule is c1ccc(-n2c3ccccc3c3c(-c4cccc(-c5ccccc5N(c5ccc(-c6ccc7ccccc7c6)cc5)c5ccc(-c6ccc7ccccc7c6)cc5)c4)cccc32)cc1. The average Bonchev–Trinajstić information content (AvgIpc) is 3.72. The molecule has 12 rings (SSSR count). The van der Waals surface area contributed by atoms with Crippen molar-refractivity contribution in [1.82, 2.24) is 4.57 Å². The Balaban J connectivity index is 0.982. The Labute approximate surface area is 373 Å². The van der Waals surface area contributed by atoms with Crippen molar-refractivity contribution in [2.75, 3.05) is 4.90 Å². The molecular weight excluding hydrogens is 773 g/mol. The van der Waals surface area contributed by atoms with Crippen molar-refractivity contribution >= 4 is 60.4 Å². The Morgan fingerprint density at radius 1 is 0.281 bits per heavy atom. The summed E-state index contributed by atoms with van der Waals surface area (Å²) in [4.78, 5) is 2.41. The normalized spacial score (nSPS) is 11.4. The van der Waals surface area contributed by atoms with Crippen LogP contribution in [0.4, 0.5) is 17.1 Å². The number of rotatable bonds is 8. The monoisotopic (exact) mass is 814 g/mol. The van der Waals surface area contributed by atoms with Crippen LogP contribution in [0.1, 0.15) is 0 Å². The van der Waals surface area contributed by atoms with Crippen LogP contribution in [0.5, 0.6) is 0 Å². The molecule has 1 aromatic heterocycles. The largest absolute Gasteiger partial charge is 0.310 e. The van der Waals surface area contributed by atoms with Crippen molar-refractivity contribution in [3.05, 3.63) is 255 Å². The molecule has 0 bridgehead atoms. The quantitative estimate of drug-likeness (QED) is 0.148. The van der Waals surface area contributed by atoms with Gasteiger partial charge in [0.2, 0.25) is 0 Å². The minimum absolute atomic E-state index is 1.09. The minimum Gasteiger partial charge on any atom is -0.310 e. The molecule has 0 aliphatic heterocycles. The van der Waals surface area contributed by atoms with E-state index < -0.39 is 0 Å². The number of anilines is 3. The fourth-order valence-corrected chi connectivity index (χ4v) is 9.65. The van der Waals surface area contributed by atoms with E-state index in [4.69, 9.17) is 0 Å². The van der Waals surface area contributed by atoms with Crippen LogP contribution in [-0.2, 0) is 0 Å². The molecular formula is C62H42N2. The van der Waals surface area contributed by atoms with Crippen molar-refractivity contribution in [1.29, 1.82) is 0 Å². The van der Waals surface area contributed by atoms with Gasteiger partial charge in [-0.15, -0.1) is 0 Å². The van der Waals surface area contributed by atoms with Crippen LogP contribution < -0.4 is 4.90 Å². The van der Waals surface area contributed by atoms with Gasteiger partial charge in [-0.1, -0.05) is 182 Å².